The number of hydrogen-bond donors (Lipinski definition) is 5. The Kier molecular flexibility index (Phi) is 9.74. The van der Waals surface area contributed by atoms with Crippen molar-refractivity contribution in [3.8, 4) is 28.7 Å². The molecule has 12 nitrogen and oxygen atoms in total. The molecule has 220 valence electrons. The zero-order valence-electron chi connectivity index (χ0n) is 22.7. The van der Waals surface area contributed by atoms with Gasteiger partial charge in [0.1, 0.15) is 30.5 Å². The topological polar surface area (TPSA) is 166 Å². The Morgan fingerprint density at radius 3 is 2.05 bits per heavy atom. The van der Waals surface area contributed by atoms with Crippen LogP contribution in [0.5, 0.6) is 28.7 Å². The zero-order valence-corrected chi connectivity index (χ0v) is 22.7. The van der Waals surface area contributed by atoms with Gasteiger partial charge in [-0.3, -0.25) is 0 Å². The lowest BCUT2D eigenvalue weighted by atomic mass is 9.90. The lowest BCUT2D eigenvalue weighted by molar-refractivity contribution is -0.298. The Balaban J connectivity index is 1.54. The number of aliphatic hydroxyl groups is 5. The first-order valence-corrected chi connectivity index (χ1v) is 12.7. The molecule has 0 aromatic heterocycles. The maximum Gasteiger partial charge on any atom is 0.203 e. The summed E-state index contributed by atoms with van der Waals surface area (Å²) < 4.78 is 39.2. The van der Waals surface area contributed by atoms with E-state index in [1.54, 1.807) is 30.4 Å². The smallest absolute Gasteiger partial charge is 0.203 e. The van der Waals surface area contributed by atoms with E-state index in [1.165, 1.54) is 28.4 Å². The number of aliphatic hydroxyl groups excluding tert-OH is 5. The molecule has 1 saturated heterocycles. The van der Waals surface area contributed by atoms with E-state index in [0.29, 0.717) is 28.7 Å². The van der Waals surface area contributed by atoms with Crippen LogP contribution in [-0.2, 0) is 9.47 Å². The molecule has 0 amide bonds. The normalized spacial score (nSPS) is 27.8. The van der Waals surface area contributed by atoms with Crippen LogP contribution in [0.15, 0.2) is 30.3 Å². The molecule has 5 N–H and O–H groups in total. The highest BCUT2D eigenvalue weighted by molar-refractivity contribution is 5.63. The molecule has 40 heavy (non-hydrogen) atoms. The molecule has 2 aliphatic rings. The standard InChI is InChI=1S/C28H36O12/c1-34-18-9-14(6-5-7-38-28-24(33)23(32)22(31)21(13-30)39-28)8-16-17(12-29)25(40-26(16)18)15-10-19(35-2)27(37-4)20(11-15)36-3/h5-6,8-11,17,21-25,28-33H,7,12-13H2,1-4H3/b6-5+/t17-,21+,22+,23-,24+,25+,28+/m0/s1. The largest absolute Gasteiger partial charge is 0.493 e. The summed E-state index contributed by atoms with van der Waals surface area (Å²) in [4.78, 5) is 0. The van der Waals surface area contributed by atoms with Crippen molar-refractivity contribution in [2.45, 2.75) is 42.7 Å². The van der Waals surface area contributed by atoms with Gasteiger partial charge in [0.15, 0.2) is 29.3 Å². The fourth-order valence-electron chi connectivity index (χ4n) is 4.97. The second-order valence-corrected chi connectivity index (χ2v) is 9.36. The van der Waals surface area contributed by atoms with Crippen molar-refractivity contribution in [1.82, 2.24) is 0 Å². The third kappa shape index (κ3) is 5.70. The molecule has 0 radical (unpaired) electrons. The van der Waals surface area contributed by atoms with Gasteiger partial charge in [-0.2, -0.15) is 0 Å². The summed E-state index contributed by atoms with van der Waals surface area (Å²) in [5, 5.41) is 49.7. The Morgan fingerprint density at radius 2 is 1.48 bits per heavy atom. The van der Waals surface area contributed by atoms with E-state index >= 15 is 0 Å². The SMILES string of the molecule is COc1cc([C@H]2Oc3c(OC)cc(/C=C/CO[C@@H]4O[C@H](CO)[C@@H](O)[C@H](O)[C@H]4O)cc3[C@@H]2CO)cc(OC)c1OC. The number of hydrogen-bond acceptors (Lipinski definition) is 12. The van der Waals surface area contributed by atoms with Crippen LogP contribution in [0, 0.1) is 0 Å². The summed E-state index contributed by atoms with van der Waals surface area (Å²) in [5.41, 5.74) is 2.20. The number of rotatable bonds is 11. The van der Waals surface area contributed by atoms with E-state index < -0.39 is 49.3 Å². The van der Waals surface area contributed by atoms with Crippen molar-refractivity contribution in [1.29, 1.82) is 0 Å². The predicted octanol–water partition coefficient (Wildman–Crippen LogP) is 0.760. The van der Waals surface area contributed by atoms with Gasteiger partial charge in [0.25, 0.3) is 0 Å². The van der Waals surface area contributed by atoms with Gasteiger partial charge in [-0.05, 0) is 29.8 Å². The Labute approximate surface area is 231 Å². The number of methoxy groups -OCH3 is 4. The molecule has 0 spiro atoms. The quantitative estimate of drug-likeness (QED) is 0.261. The van der Waals surface area contributed by atoms with Crippen molar-refractivity contribution < 1.29 is 58.7 Å². The number of benzene rings is 2. The van der Waals surface area contributed by atoms with Crippen LogP contribution in [-0.4, -0.2) is 104 Å². The van der Waals surface area contributed by atoms with Crippen LogP contribution in [0.3, 0.4) is 0 Å². The summed E-state index contributed by atoms with van der Waals surface area (Å²) in [5.74, 6) is 1.92. The zero-order chi connectivity index (χ0) is 29.0. The van der Waals surface area contributed by atoms with Crippen molar-refractivity contribution >= 4 is 6.08 Å². The Hall–Kier alpha value is -3.10. The van der Waals surface area contributed by atoms with Gasteiger partial charge in [-0.15, -0.1) is 0 Å². The first kappa shape index (κ1) is 29.9. The van der Waals surface area contributed by atoms with E-state index in [4.69, 9.17) is 33.2 Å². The Bertz CT molecular complexity index is 1160. The van der Waals surface area contributed by atoms with E-state index in [2.05, 4.69) is 0 Å². The summed E-state index contributed by atoms with van der Waals surface area (Å²) >= 11 is 0. The second-order valence-electron chi connectivity index (χ2n) is 9.36. The molecule has 4 rings (SSSR count). The van der Waals surface area contributed by atoms with Gasteiger partial charge in [0, 0.05) is 11.1 Å². The van der Waals surface area contributed by atoms with Crippen LogP contribution in [0.25, 0.3) is 6.08 Å². The second kappa shape index (κ2) is 13.0. The third-order valence-corrected chi connectivity index (χ3v) is 7.06. The minimum Gasteiger partial charge on any atom is -0.493 e. The van der Waals surface area contributed by atoms with Crippen LogP contribution in [0.4, 0.5) is 0 Å². The highest BCUT2D eigenvalue weighted by Crippen LogP contribution is 2.52. The molecule has 2 aromatic rings. The first-order chi connectivity index (χ1) is 19.3. The van der Waals surface area contributed by atoms with Crippen LogP contribution in [0.2, 0.25) is 0 Å². The lowest BCUT2D eigenvalue weighted by Crippen LogP contribution is -2.59. The molecule has 0 bridgehead atoms. The molecular formula is C28H36O12. The third-order valence-electron chi connectivity index (χ3n) is 7.06. The minimum atomic E-state index is -1.52. The fraction of sp³-hybridized carbons (Fsp3) is 0.500. The number of fused-ring (bicyclic) bond motifs is 1. The van der Waals surface area contributed by atoms with Crippen molar-refractivity contribution in [2.24, 2.45) is 0 Å². The molecule has 12 heteroatoms. The molecule has 0 saturated carbocycles. The highest BCUT2D eigenvalue weighted by atomic mass is 16.7. The van der Waals surface area contributed by atoms with E-state index in [9.17, 15) is 25.5 Å². The van der Waals surface area contributed by atoms with Crippen molar-refractivity contribution in [3.05, 3.63) is 47.0 Å². The molecule has 2 aromatic carbocycles. The molecule has 2 heterocycles. The van der Waals surface area contributed by atoms with Crippen LogP contribution < -0.4 is 23.7 Å². The lowest BCUT2D eigenvalue weighted by Gasteiger charge is -2.39. The Morgan fingerprint density at radius 1 is 0.800 bits per heavy atom. The number of ether oxygens (including phenoxy) is 7. The average molecular weight is 565 g/mol. The molecule has 2 aliphatic heterocycles. The minimum absolute atomic E-state index is 0.00389. The molecule has 7 atom stereocenters. The molecule has 1 fully saturated rings. The van der Waals surface area contributed by atoms with E-state index in [-0.39, 0.29) is 13.2 Å². The summed E-state index contributed by atoms with van der Waals surface area (Å²) in [7, 11) is 6.10. The maximum absolute atomic E-state index is 10.4. The molecular weight excluding hydrogens is 528 g/mol. The van der Waals surface area contributed by atoms with Gasteiger partial charge < -0.3 is 58.7 Å². The summed E-state index contributed by atoms with van der Waals surface area (Å²) in [6, 6.07) is 7.21. The van der Waals surface area contributed by atoms with E-state index in [0.717, 1.165) is 16.7 Å². The summed E-state index contributed by atoms with van der Waals surface area (Å²) in [6.07, 6.45) is -3.88. The monoisotopic (exact) mass is 564 g/mol. The molecule has 0 aliphatic carbocycles. The van der Waals surface area contributed by atoms with Gasteiger partial charge >= 0.3 is 0 Å². The van der Waals surface area contributed by atoms with Crippen molar-refractivity contribution in [2.75, 3.05) is 48.3 Å². The van der Waals surface area contributed by atoms with Gasteiger partial charge in [-0.25, -0.2) is 0 Å². The van der Waals surface area contributed by atoms with Gasteiger partial charge in [-0.1, -0.05) is 12.2 Å². The van der Waals surface area contributed by atoms with Crippen molar-refractivity contribution in [3.63, 3.8) is 0 Å². The first-order valence-electron chi connectivity index (χ1n) is 12.7. The van der Waals surface area contributed by atoms with Crippen LogP contribution >= 0.6 is 0 Å². The van der Waals surface area contributed by atoms with E-state index in [1.807, 2.05) is 6.07 Å². The van der Waals surface area contributed by atoms with Gasteiger partial charge in [0.2, 0.25) is 5.75 Å². The van der Waals surface area contributed by atoms with Gasteiger partial charge in [0.05, 0.1) is 54.2 Å². The molecule has 0 unspecified atom stereocenters. The maximum atomic E-state index is 10.4. The fourth-order valence-corrected chi connectivity index (χ4v) is 4.97. The highest BCUT2D eigenvalue weighted by Gasteiger charge is 2.44. The van der Waals surface area contributed by atoms with Crippen LogP contribution in [0.1, 0.15) is 28.7 Å². The predicted molar refractivity (Wildman–Crippen MR) is 141 cm³/mol. The average Bonchev–Trinajstić information content (AvgIpc) is 3.36. The summed E-state index contributed by atoms with van der Waals surface area (Å²) in [6.45, 7) is -0.748.